The Morgan fingerprint density at radius 1 is 1.34 bits per heavy atom. The predicted octanol–water partition coefficient (Wildman–Crippen LogP) is 0.506. The van der Waals surface area contributed by atoms with Crippen LogP contribution >= 0.6 is 34.9 Å². The normalized spacial score (nSPS) is 19.8. The average Bonchev–Trinajstić information content (AvgIpc) is 3.21. The van der Waals surface area contributed by atoms with E-state index in [0.717, 1.165) is 9.35 Å². The summed E-state index contributed by atoms with van der Waals surface area (Å²) in [5, 5.41) is 20.5. The number of pyridine rings is 1. The molecule has 1 unspecified atom stereocenters. The van der Waals surface area contributed by atoms with E-state index in [4.69, 9.17) is 0 Å². The average molecular weight is 510 g/mol. The molecule has 0 saturated carbocycles. The first-order chi connectivity index (χ1) is 15.4. The van der Waals surface area contributed by atoms with Gasteiger partial charge in [-0.05, 0) is 24.6 Å². The number of carboxylic acids is 1. The van der Waals surface area contributed by atoms with Gasteiger partial charge < -0.3 is 10.4 Å². The number of thioether (sulfide) groups is 2. The van der Waals surface area contributed by atoms with E-state index >= 15 is 0 Å². The Kier molecular flexibility index (Phi) is 6.74. The van der Waals surface area contributed by atoms with Gasteiger partial charge in [-0.15, -0.1) is 22.0 Å². The Bertz CT molecular complexity index is 1180. The molecule has 2 atom stereocenters. The molecular weight excluding hydrogens is 494 g/mol. The van der Waals surface area contributed by atoms with Gasteiger partial charge in [0, 0.05) is 17.7 Å². The van der Waals surface area contributed by atoms with Gasteiger partial charge in [0.25, 0.3) is 11.8 Å². The van der Waals surface area contributed by atoms with E-state index in [0.29, 0.717) is 17.1 Å². The highest BCUT2D eigenvalue weighted by Gasteiger charge is 2.54. The van der Waals surface area contributed by atoms with Gasteiger partial charge in [0.2, 0.25) is 0 Å². The molecule has 10 nitrogen and oxygen atoms in total. The lowest BCUT2D eigenvalue weighted by molar-refractivity contribution is -0.150. The lowest BCUT2D eigenvalue weighted by Crippen LogP contribution is -2.71. The third kappa shape index (κ3) is 4.35. The smallest absolute Gasteiger partial charge is 0.352 e. The van der Waals surface area contributed by atoms with Gasteiger partial charge in [0.05, 0.1) is 5.69 Å². The summed E-state index contributed by atoms with van der Waals surface area (Å²) in [6, 6.07) is 3.90. The molecule has 2 aromatic heterocycles. The fraction of sp³-hybridized carbons (Fsp3) is 0.278. The van der Waals surface area contributed by atoms with E-state index in [1.54, 1.807) is 12.1 Å². The van der Waals surface area contributed by atoms with Crippen molar-refractivity contribution in [2.24, 2.45) is 0 Å². The second-order valence-electron chi connectivity index (χ2n) is 6.62. The zero-order valence-corrected chi connectivity index (χ0v) is 19.6. The summed E-state index contributed by atoms with van der Waals surface area (Å²) in [5.41, 5.74) is 0.748. The van der Waals surface area contributed by atoms with E-state index in [9.17, 15) is 23.7 Å². The standard InChI is InChI=1S/C18H15N5O5S4/c1-8-21-22-18(31-8)30-7-9-6-29-16-11(15(25)23(16)12(9)17(26)27)20-14(24)13(32-28)10-4-2-3-5-19-10/h2-5,11,16H,6-7H2,1H3,(H,20,24)(H,26,27)/t11?,16-/m1/s1. The Balaban J connectivity index is 1.48. The van der Waals surface area contributed by atoms with Crippen LogP contribution in [0.5, 0.6) is 0 Å². The maximum absolute atomic E-state index is 12.8. The first-order valence-electron chi connectivity index (χ1n) is 9.12. The van der Waals surface area contributed by atoms with Crippen LogP contribution in [0.4, 0.5) is 0 Å². The van der Waals surface area contributed by atoms with Crippen LogP contribution < -0.4 is 5.32 Å². The number of amides is 2. The number of nitrogens with zero attached hydrogens (tertiary/aromatic N) is 4. The highest BCUT2D eigenvalue weighted by molar-refractivity contribution is 8.01. The monoisotopic (exact) mass is 509 g/mol. The molecule has 0 spiro atoms. The van der Waals surface area contributed by atoms with Gasteiger partial charge >= 0.3 is 5.97 Å². The zero-order chi connectivity index (χ0) is 22.8. The van der Waals surface area contributed by atoms with Crippen molar-refractivity contribution in [3.05, 3.63) is 46.4 Å². The maximum Gasteiger partial charge on any atom is 0.352 e. The van der Waals surface area contributed by atoms with Crippen molar-refractivity contribution in [2.45, 2.75) is 22.7 Å². The highest BCUT2D eigenvalue weighted by atomic mass is 32.2. The van der Waals surface area contributed by atoms with Crippen LogP contribution in [0, 0.1) is 6.92 Å². The molecule has 2 aromatic rings. The van der Waals surface area contributed by atoms with Crippen LogP contribution in [0.3, 0.4) is 0 Å². The minimum absolute atomic E-state index is 0.00550. The molecule has 2 aliphatic rings. The molecule has 2 N–H and O–H groups in total. The summed E-state index contributed by atoms with van der Waals surface area (Å²) < 4.78 is 12.2. The number of hydrogen-bond donors (Lipinski definition) is 2. The van der Waals surface area contributed by atoms with Crippen molar-refractivity contribution in [1.82, 2.24) is 25.4 Å². The van der Waals surface area contributed by atoms with Crippen LogP contribution in [0.1, 0.15) is 10.7 Å². The molecule has 0 aromatic carbocycles. The topological polar surface area (TPSA) is 142 Å². The van der Waals surface area contributed by atoms with E-state index in [1.165, 1.54) is 52.0 Å². The molecule has 1 fully saturated rings. The van der Waals surface area contributed by atoms with E-state index < -0.39 is 29.2 Å². The summed E-state index contributed by atoms with van der Waals surface area (Å²) >= 11 is 4.14. The molecular formula is C18H15N5O5S4. The quantitative estimate of drug-likeness (QED) is 0.234. The molecule has 2 aliphatic heterocycles. The van der Waals surface area contributed by atoms with Gasteiger partial charge in [-0.1, -0.05) is 29.2 Å². The van der Waals surface area contributed by atoms with Gasteiger partial charge in [-0.25, -0.2) is 9.00 Å². The predicted molar refractivity (Wildman–Crippen MR) is 122 cm³/mol. The number of carbonyl (C=O) groups is 3. The Morgan fingerprint density at radius 2 is 2.16 bits per heavy atom. The summed E-state index contributed by atoms with van der Waals surface area (Å²) in [6.07, 6.45) is 1.46. The third-order valence-electron chi connectivity index (χ3n) is 4.60. The van der Waals surface area contributed by atoms with Crippen molar-refractivity contribution in [3.63, 3.8) is 0 Å². The Hall–Kier alpha value is -2.55. The molecule has 4 rings (SSSR count). The number of aliphatic carboxylic acids is 1. The second kappa shape index (κ2) is 9.52. The first-order valence-corrected chi connectivity index (χ1v) is 12.7. The lowest BCUT2D eigenvalue weighted by atomic mass is 10.0. The molecule has 4 heterocycles. The minimum atomic E-state index is -1.20. The number of β-lactam (4-membered cyclic amide) rings is 1. The van der Waals surface area contributed by atoms with Crippen LogP contribution in [-0.4, -0.2) is 75.0 Å². The van der Waals surface area contributed by atoms with Crippen molar-refractivity contribution in [1.29, 1.82) is 0 Å². The molecule has 0 radical (unpaired) electrons. The number of rotatable bonds is 7. The summed E-state index contributed by atoms with van der Waals surface area (Å²) in [4.78, 5) is 42.4. The maximum atomic E-state index is 12.8. The number of nitrogens with one attached hydrogen (secondary N) is 1. The first kappa shape index (κ1) is 22.6. The van der Waals surface area contributed by atoms with Crippen molar-refractivity contribution >= 4 is 68.8 Å². The Labute approximate surface area is 198 Å². The van der Waals surface area contributed by atoms with E-state index in [1.807, 2.05) is 6.92 Å². The van der Waals surface area contributed by atoms with Gasteiger partial charge in [0.1, 0.15) is 33.4 Å². The Morgan fingerprint density at radius 3 is 2.78 bits per heavy atom. The van der Waals surface area contributed by atoms with Gasteiger partial charge in [-0.3, -0.25) is 19.5 Å². The number of hydrogen-bond acceptors (Lipinski definition) is 10. The largest absolute Gasteiger partial charge is 0.477 e. The number of carboxylic acid groups (broad SMARTS) is 1. The van der Waals surface area contributed by atoms with Crippen LogP contribution in [0.25, 0.3) is 0 Å². The van der Waals surface area contributed by atoms with Crippen LogP contribution in [-0.2, 0) is 25.6 Å². The van der Waals surface area contributed by atoms with Crippen molar-refractivity contribution in [3.8, 4) is 0 Å². The molecule has 32 heavy (non-hydrogen) atoms. The fourth-order valence-electron chi connectivity index (χ4n) is 3.18. The second-order valence-corrected chi connectivity index (χ2v) is 10.7. The molecule has 0 bridgehead atoms. The third-order valence-corrected chi connectivity index (χ3v) is 8.56. The number of aromatic nitrogens is 3. The zero-order valence-electron chi connectivity index (χ0n) is 16.4. The van der Waals surface area contributed by atoms with Gasteiger partial charge in [0.15, 0.2) is 9.20 Å². The number of fused-ring (bicyclic) bond motifs is 1. The van der Waals surface area contributed by atoms with Crippen molar-refractivity contribution in [2.75, 3.05) is 11.5 Å². The number of aryl methyl sites for hydroxylation is 1. The van der Waals surface area contributed by atoms with Gasteiger partial charge in [-0.2, -0.15) is 0 Å². The lowest BCUT2D eigenvalue weighted by Gasteiger charge is -2.49. The summed E-state index contributed by atoms with van der Waals surface area (Å²) in [6.45, 7) is 1.83. The molecule has 0 aliphatic carbocycles. The SMILES string of the molecule is Cc1nnc(SCC2=C(C(=O)O)N3C(=O)C(NC(=O)C(=S=O)c4ccccn4)[C@H]3SC2)s1. The van der Waals surface area contributed by atoms with Crippen molar-refractivity contribution < 1.29 is 23.7 Å². The van der Waals surface area contributed by atoms with E-state index in [2.05, 4.69) is 20.5 Å². The minimum Gasteiger partial charge on any atom is -0.477 e. The fourth-order valence-corrected chi connectivity index (χ4v) is 6.82. The molecule has 14 heteroatoms. The molecule has 1 saturated heterocycles. The van der Waals surface area contributed by atoms with Crippen LogP contribution in [0.2, 0.25) is 0 Å². The molecule has 2 amide bonds. The summed E-state index contributed by atoms with van der Waals surface area (Å²) in [7, 11) is 0. The summed E-state index contributed by atoms with van der Waals surface area (Å²) in [5.74, 6) is -1.69. The highest BCUT2D eigenvalue weighted by Crippen LogP contribution is 2.41. The van der Waals surface area contributed by atoms with E-state index in [-0.39, 0.29) is 27.5 Å². The number of carbonyl (C=O) groups excluding carboxylic acids is 2. The van der Waals surface area contributed by atoms with Crippen LogP contribution in [0.15, 0.2) is 40.0 Å². The molecule has 166 valence electrons.